The smallest absolute Gasteiger partial charge is 0.422 e. The van der Waals surface area contributed by atoms with Gasteiger partial charge in [0.15, 0.2) is 5.88 Å². The van der Waals surface area contributed by atoms with Crippen LogP contribution in [0.1, 0.15) is 65.5 Å². The summed E-state index contributed by atoms with van der Waals surface area (Å²) in [5, 5.41) is 0.940. The lowest BCUT2D eigenvalue weighted by atomic mass is 10.0. The van der Waals surface area contributed by atoms with Gasteiger partial charge in [0.1, 0.15) is 11.2 Å². The number of hydrogen-bond acceptors (Lipinski definition) is 5. The Morgan fingerprint density at radius 1 is 0.725 bits per heavy atom. The van der Waals surface area contributed by atoms with Crippen molar-refractivity contribution >= 4 is 52.5 Å². The monoisotopic (exact) mass is 582 g/mol. The molecule has 0 spiro atoms. The maximum atomic E-state index is 14.3. The molecule has 4 rings (SSSR count). The number of imide groups is 1. The van der Waals surface area contributed by atoms with Crippen molar-refractivity contribution in [3.63, 3.8) is 0 Å². The summed E-state index contributed by atoms with van der Waals surface area (Å²) >= 11 is 12.3. The van der Waals surface area contributed by atoms with Crippen LogP contribution in [0.2, 0.25) is 10.0 Å². The molecule has 0 aromatic heterocycles. The molecule has 0 atom stereocenters. The highest BCUT2D eigenvalue weighted by Crippen LogP contribution is 2.48. The minimum Gasteiger partial charge on any atom is -0.473 e. The third-order valence-electron chi connectivity index (χ3n) is 7.13. The van der Waals surface area contributed by atoms with E-state index in [1.165, 1.54) is 4.90 Å². The van der Waals surface area contributed by atoms with E-state index in [1.807, 2.05) is 27.7 Å². The number of benzene rings is 2. The van der Waals surface area contributed by atoms with Crippen molar-refractivity contribution in [2.45, 2.75) is 65.6 Å². The first kappa shape index (κ1) is 29.4. The van der Waals surface area contributed by atoms with Crippen molar-refractivity contribution in [2.24, 2.45) is 0 Å². The number of halogens is 2. The summed E-state index contributed by atoms with van der Waals surface area (Å²) in [6.07, 6.45) is 0.280. The summed E-state index contributed by atoms with van der Waals surface area (Å²) in [4.78, 5) is 44.2. The van der Waals surface area contributed by atoms with Crippen molar-refractivity contribution in [1.82, 2.24) is 9.80 Å². The predicted octanol–water partition coefficient (Wildman–Crippen LogP) is 7.80. The molecule has 0 saturated carbocycles. The fourth-order valence-electron chi connectivity index (χ4n) is 4.27. The second-order valence-electron chi connectivity index (χ2n) is 10.8. The molecule has 0 N–H and O–H groups in total. The maximum absolute atomic E-state index is 14.3. The average Bonchev–Trinajstić information content (AvgIpc) is 3.36. The lowest BCUT2D eigenvalue weighted by Crippen LogP contribution is -2.39. The van der Waals surface area contributed by atoms with Crippen molar-refractivity contribution < 1.29 is 23.9 Å². The fourth-order valence-corrected chi connectivity index (χ4v) is 4.52. The van der Waals surface area contributed by atoms with Gasteiger partial charge in [0.2, 0.25) is 0 Å². The largest absolute Gasteiger partial charge is 0.473 e. The third-order valence-corrected chi connectivity index (χ3v) is 7.64. The Morgan fingerprint density at radius 2 is 1.10 bits per heavy atom. The molecule has 0 saturated heterocycles. The predicted molar refractivity (Wildman–Crippen MR) is 156 cm³/mol. The lowest BCUT2D eigenvalue weighted by molar-refractivity contribution is -0.125. The van der Waals surface area contributed by atoms with Gasteiger partial charge in [0.25, 0.3) is 11.8 Å². The van der Waals surface area contributed by atoms with Crippen LogP contribution in [0.15, 0.2) is 72.1 Å². The molecular weight excluding hydrogens is 551 g/mol. The van der Waals surface area contributed by atoms with Gasteiger partial charge < -0.3 is 9.47 Å². The van der Waals surface area contributed by atoms with Crippen molar-refractivity contribution in [1.29, 1.82) is 0 Å². The molecule has 40 heavy (non-hydrogen) atoms. The summed E-state index contributed by atoms with van der Waals surface area (Å²) in [6, 6.07) is 13.3. The maximum Gasteiger partial charge on any atom is 0.422 e. The van der Waals surface area contributed by atoms with Gasteiger partial charge in [-0.15, -0.1) is 0 Å². The zero-order valence-corrected chi connectivity index (χ0v) is 24.9. The SMILES string of the molecule is C=C(OC(C)(C)CC)N1C(=O)C2=C(c3ccc(Cl)cc3)N(C(=O)OC(C)(C)CC)C(=O)C2=C1c1ccc(Cl)cc1. The zero-order valence-electron chi connectivity index (χ0n) is 23.4. The molecule has 2 aromatic carbocycles. The van der Waals surface area contributed by atoms with Crippen molar-refractivity contribution in [2.75, 3.05) is 0 Å². The average molecular weight is 584 g/mol. The van der Waals surface area contributed by atoms with E-state index in [0.717, 1.165) is 4.90 Å². The number of amides is 3. The standard InChI is InChI=1S/C31H32Cl2N2O5/c1-8-30(4,5)39-18(3)34-25(19-10-14-21(32)15-11-19)23-24(27(34)36)26(20-12-16-22(33)17-13-20)35(28(23)37)29(38)40-31(6,7)9-2/h10-17H,3,8-9H2,1-2,4-7H3. The van der Waals surface area contributed by atoms with E-state index < -0.39 is 29.1 Å². The second-order valence-corrected chi connectivity index (χ2v) is 11.7. The van der Waals surface area contributed by atoms with Crippen LogP contribution in [0.3, 0.4) is 0 Å². The Labute approximate surface area is 244 Å². The quantitative estimate of drug-likeness (QED) is 0.297. The fraction of sp³-hybridized carbons (Fsp3) is 0.323. The van der Waals surface area contributed by atoms with Crippen molar-refractivity contribution in [3.05, 3.63) is 93.3 Å². The Kier molecular flexibility index (Phi) is 7.94. The normalized spacial score (nSPS) is 15.7. The molecule has 2 heterocycles. The van der Waals surface area contributed by atoms with E-state index in [0.29, 0.717) is 34.0 Å². The van der Waals surface area contributed by atoms with E-state index in [2.05, 4.69) is 6.58 Å². The van der Waals surface area contributed by atoms with Gasteiger partial charge in [-0.1, -0.05) is 61.3 Å². The van der Waals surface area contributed by atoms with Gasteiger partial charge >= 0.3 is 6.09 Å². The van der Waals surface area contributed by atoms with Crippen LogP contribution < -0.4 is 0 Å². The summed E-state index contributed by atoms with van der Waals surface area (Å²) in [5.41, 5.74) is -0.0727. The van der Waals surface area contributed by atoms with Crippen LogP contribution in [0, 0.1) is 0 Å². The van der Waals surface area contributed by atoms with Crippen LogP contribution in [0.4, 0.5) is 4.79 Å². The number of carbonyl (C=O) groups is 3. The van der Waals surface area contributed by atoms with Gasteiger partial charge in [0.05, 0.1) is 22.5 Å². The highest BCUT2D eigenvalue weighted by atomic mass is 35.5. The van der Waals surface area contributed by atoms with E-state index >= 15 is 0 Å². The summed E-state index contributed by atoms with van der Waals surface area (Å²) in [7, 11) is 0. The number of hydrogen-bond donors (Lipinski definition) is 0. The van der Waals surface area contributed by atoms with Crippen LogP contribution in [-0.2, 0) is 19.1 Å². The van der Waals surface area contributed by atoms with E-state index in [4.69, 9.17) is 32.7 Å². The molecule has 2 aliphatic heterocycles. The van der Waals surface area contributed by atoms with Crippen LogP contribution in [-0.4, -0.2) is 38.9 Å². The minimum atomic E-state index is -0.881. The number of ether oxygens (including phenoxy) is 2. The summed E-state index contributed by atoms with van der Waals surface area (Å²) in [5.74, 6) is -1.19. The molecule has 0 radical (unpaired) electrons. The number of rotatable bonds is 8. The minimum absolute atomic E-state index is 0.0441. The lowest BCUT2D eigenvalue weighted by Gasteiger charge is -2.32. The summed E-state index contributed by atoms with van der Waals surface area (Å²) in [6.45, 7) is 15.2. The highest BCUT2D eigenvalue weighted by molar-refractivity contribution is 6.34. The highest BCUT2D eigenvalue weighted by Gasteiger charge is 2.53. The van der Waals surface area contributed by atoms with Gasteiger partial charge in [0, 0.05) is 10.0 Å². The van der Waals surface area contributed by atoms with Crippen LogP contribution in [0.25, 0.3) is 11.4 Å². The number of fused-ring (bicyclic) bond motifs is 1. The molecule has 2 aromatic rings. The topological polar surface area (TPSA) is 76.2 Å². The molecule has 7 nitrogen and oxygen atoms in total. The molecule has 9 heteroatoms. The number of nitrogens with zero attached hydrogens (tertiary/aromatic N) is 2. The first-order valence-electron chi connectivity index (χ1n) is 13.0. The van der Waals surface area contributed by atoms with Crippen molar-refractivity contribution in [3.8, 4) is 0 Å². The zero-order chi connectivity index (χ0) is 29.6. The van der Waals surface area contributed by atoms with Gasteiger partial charge in [-0.3, -0.25) is 9.59 Å². The number of carbonyl (C=O) groups excluding carboxylic acids is 3. The molecule has 2 aliphatic rings. The summed E-state index contributed by atoms with van der Waals surface area (Å²) < 4.78 is 11.8. The molecule has 0 bridgehead atoms. The second kappa shape index (κ2) is 10.8. The Bertz CT molecular complexity index is 1340. The Hall–Kier alpha value is -3.55. The van der Waals surface area contributed by atoms with Crippen LogP contribution in [0.5, 0.6) is 0 Å². The van der Waals surface area contributed by atoms with E-state index in [-0.39, 0.29) is 28.4 Å². The van der Waals surface area contributed by atoms with Gasteiger partial charge in [-0.25, -0.2) is 14.6 Å². The van der Waals surface area contributed by atoms with E-state index in [1.54, 1.807) is 62.4 Å². The Balaban J connectivity index is 1.99. The molecule has 0 unspecified atom stereocenters. The van der Waals surface area contributed by atoms with Gasteiger partial charge in [-0.2, -0.15) is 0 Å². The molecule has 3 amide bonds. The third kappa shape index (κ3) is 5.40. The van der Waals surface area contributed by atoms with Crippen LogP contribution >= 0.6 is 23.2 Å². The first-order chi connectivity index (χ1) is 18.7. The first-order valence-corrected chi connectivity index (χ1v) is 13.8. The molecular formula is C31H32Cl2N2O5. The molecule has 0 aliphatic carbocycles. The molecule has 210 valence electrons. The Morgan fingerprint density at radius 3 is 1.52 bits per heavy atom. The van der Waals surface area contributed by atoms with E-state index in [9.17, 15) is 14.4 Å². The van der Waals surface area contributed by atoms with Gasteiger partial charge in [-0.05, 0) is 82.5 Å². The molecule has 0 fully saturated rings.